The summed E-state index contributed by atoms with van der Waals surface area (Å²) in [7, 11) is 0. The second-order valence-electron chi connectivity index (χ2n) is 3.74. The van der Waals surface area contributed by atoms with Gasteiger partial charge in [0.2, 0.25) is 0 Å². The molecule has 1 aromatic carbocycles. The average Bonchev–Trinajstić information content (AvgIpc) is 2.35. The van der Waals surface area contributed by atoms with Gasteiger partial charge in [-0.3, -0.25) is 0 Å². The molecule has 0 radical (unpaired) electrons. The number of urea groups is 1. The van der Waals surface area contributed by atoms with E-state index in [1.807, 2.05) is 31.2 Å². The minimum absolute atomic E-state index is 0.262. The Kier molecular flexibility index (Phi) is 3.79. The van der Waals surface area contributed by atoms with Gasteiger partial charge in [0, 0.05) is 11.9 Å². The van der Waals surface area contributed by atoms with Gasteiger partial charge in [-0.25, -0.2) is 9.78 Å². The smallest absolute Gasteiger partial charge is 0.307 e. The highest BCUT2D eigenvalue weighted by atomic mass is 35.5. The number of halogens is 1. The third-order valence-electron chi connectivity index (χ3n) is 2.40. The minimum Gasteiger partial charge on any atom is -0.307 e. The number of anilines is 2. The molecule has 0 aliphatic rings. The number of nitrogens with zero attached hydrogens (tertiary/aromatic N) is 1. The number of aromatic nitrogens is 1. The van der Waals surface area contributed by atoms with Crippen molar-refractivity contribution in [3.05, 3.63) is 53.3 Å². The number of nitrogens with one attached hydrogen (secondary N) is 2. The third kappa shape index (κ3) is 2.99. The van der Waals surface area contributed by atoms with E-state index in [-0.39, 0.29) is 11.2 Å². The highest BCUT2D eigenvalue weighted by molar-refractivity contribution is 6.32. The largest absolute Gasteiger partial charge is 0.323 e. The molecule has 92 valence electrons. The van der Waals surface area contributed by atoms with E-state index in [1.54, 1.807) is 18.3 Å². The van der Waals surface area contributed by atoms with Crippen LogP contribution in [0.15, 0.2) is 42.6 Å². The third-order valence-corrected chi connectivity index (χ3v) is 2.70. The number of amides is 2. The van der Waals surface area contributed by atoms with Crippen LogP contribution in [0, 0.1) is 6.92 Å². The van der Waals surface area contributed by atoms with Crippen molar-refractivity contribution in [3.63, 3.8) is 0 Å². The van der Waals surface area contributed by atoms with Gasteiger partial charge in [-0.1, -0.05) is 29.8 Å². The maximum Gasteiger partial charge on any atom is 0.323 e. The molecule has 0 unspecified atom stereocenters. The Hall–Kier alpha value is -2.07. The SMILES string of the molecule is Cc1ccccc1NC(=O)Nc1cccnc1Cl. The zero-order chi connectivity index (χ0) is 13.0. The quantitative estimate of drug-likeness (QED) is 0.810. The lowest BCUT2D eigenvalue weighted by Gasteiger charge is -2.10. The van der Waals surface area contributed by atoms with E-state index in [4.69, 9.17) is 11.6 Å². The van der Waals surface area contributed by atoms with Crippen LogP contribution in [0.25, 0.3) is 0 Å². The molecular weight excluding hydrogens is 250 g/mol. The Labute approximate surface area is 110 Å². The van der Waals surface area contributed by atoms with Crippen LogP contribution in [0.1, 0.15) is 5.56 Å². The molecule has 0 saturated heterocycles. The second kappa shape index (κ2) is 5.51. The lowest BCUT2D eigenvalue weighted by atomic mass is 10.2. The number of para-hydroxylation sites is 1. The Morgan fingerprint density at radius 3 is 2.50 bits per heavy atom. The summed E-state index contributed by atoms with van der Waals surface area (Å²) in [6.45, 7) is 1.92. The van der Waals surface area contributed by atoms with Gasteiger partial charge in [-0.2, -0.15) is 0 Å². The van der Waals surface area contributed by atoms with Crippen LogP contribution in [-0.2, 0) is 0 Å². The van der Waals surface area contributed by atoms with Crippen molar-refractivity contribution in [3.8, 4) is 0 Å². The number of carbonyl (C=O) groups is 1. The van der Waals surface area contributed by atoms with Crippen molar-refractivity contribution in [2.75, 3.05) is 10.6 Å². The lowest BCUT2D eigenvalue weighted by Crippen LogP contribution is -2.20. The molecule has 0 spiro atoms. The number of carbonyl (C=O) groups excluding carboxylic acids is 1. The predicted molar refractivity (Wildman–Crippen MR) is 73.1 cm³/mol. The maximum absolute atomic E-state index is 11.8. The Bertz CT molecular complexity index is 522. The number of hydrogen-bond donors (Lipinski definition) is 2. The van der Waals surface area contributed by atoms with Crippen LogP contribution in [0.4, 0.5) is 16.2 Å². The van der Waals surface area contributed by atoms with Crippen molar-refractivity contribution in [1.82, 2.24) is 4.98 Å². The zero-order valence-corrected chi connectivity index (χ0v) is 10.5. The average molecular weight is 262 g/mol. The number of hydrogen-bond acceptors (Lipinski definition) is 2. The molecule has 2 amide bonds. The molecule has 0 aliphatic carbocycles. The molecule has 18 heavy (non-hydrogen) atoms. The predicted octanol–water partition coefficient (Wildman–Crippen LogP) is 3.69. The van der Waals surface area contributed by atoms with Gasteiger partial charge in [0.05, 0.1) is 5.69 Å². The van der Waals surface area contributed by atoms with Crippen molar-refractivity contribution in [2.45, 2.75) is 6.92 Å². The van der Waals surface area contributed by atoms with Crippen molar-refractivity contribution < 1.29 is 4.79 Å². The summed E-state index contributed by atoms with van der Waals surface area (Å²) in [5.74, 6) is 0. The summed E-state index contributed by atoms with van der Waals surface area (Å²) < 4.78 is 0. The van der Waals surface area contributed by atoms with Crippen LogP contribution in [-0.4, -0.2) is 11.0 Å². The summed E-state index contributed by atoms with van der Waals surface area (Å²) >= 11 is 5.85. The van der Waals surface area contributed by atoms with Crippen molar-refractivity contribution in [2.24, 2.45) is 0 Å². The molecule has 1 heterocycles. The van der Waals surface area contributed by atoms with Crippen LogP contribution in [0.2, 0.25) is 5.15 Å². The molecule has 4 nitrogen and oxygen atoms in total. The fourth-order valence-electron chi connectivity index (χ4n) is 1.47. The van der Waals surface area contributed by atoms with E-state index in [2.05, 4.69) is 15.6 Å². The van der Waals surface area contributed by atoms with E-state index < -0.39 is 0 Å². The van der Waals surface area contributed by atoms with Gasteiger partial charge in [-0.15, -0.1) is 0 Å². The van der Waals surface area contributed by atoms with Crippen LogP contribution >= 0.6 is 11.6 Å². The summed E-state index contributed by atoms with van der Waals surface area (Å²) in [6, 6.07) is 10.6. The van der Waals surface area contributed by atoms with Gasteiger partial charge in [0.15, 0.2) is 5.15 Å². The van der Waals surface area contributed by atoms with E-state index in [9.17, 15) is 4.79 Å². The first-order valence-electron chi connectivity index (χ1n) is 5.41. The molecule has 0 aliphatic heterocycles. The lowest BCUT2D eigenvalue weighted by molar-refractivity contribution is 0.262. The van der Waals surface area contributed by atoms with E-state index in [0.717, 1.165) is 11.3 Å². The molecule has 0 saturated carbocycles. The fourth-order valence-corrected chi connectivity index (χ4v) is 1.63. The Balaban J connectivity index is 2.06. The summed E-state index contributed by atoms with van der Waals surface area (Å²) in [6.07, 6.45) is 1.56. The summed E-state index contributed by atoms with van der Waals surface area (Å²) in [5.41, 5.74) is 2.23. The summed E-state index contributed by atoms with van der Waals surface area (Å²) in [5, 5.41) is 5.65. The molecule has 2 N–H and O–H groups in total. The fraction of sp³-hybridized carbons (Fsp3) is 0.0769. The van der Waals surface area contributed by atoms with Gasteiger partial charge < -0.3 is 10.6 Å². The molecule has 2 rings (SSSR count). The first-order chi connectivity index (χ1) is 8.66. The first-order valence-corrected chi connectivity index (χ1v) is 5.79. The van der Waals surface area contributed by atoms with E-state index >= 15 is 0 Å². The highest BCUT2D eigenvalue weighted by Crippen LogP contribution is 2.18. The molecule has 0 atom stereocenters. The summed E-state index contributed by atoms with van der Waals surface area (Å²) in [4.78, 5) is 15.7. The van der Waals surface area contributed by atoms with Crippen molar-refractivity contribution >= 4 is 29.0 Å². The molecule has 1 aromatic heterocycles. The molecule has 2 aromatic rings. The van der Waals surface area contributed by atoms with Crippen LogP contribution < -0.4 is 10.6 Å². The Morgan fingerprint density at radius 1 is 1.11 bits per heavy atom. The van der Waals surface area contributed by atoms with Gasteiger partial charge in [0.1, 0.15) is 0 Å². The van der Waals surface area contributed by atoms with Gasteiger partial charge in [0.25, 0.3) is 0 Å². The monoisotopic (exact) mass is 261 g/mol. The number of pyridine rings is 1. The van der Waals surface area contributed by atoms with Crippen LogP contribution in [0.3, 0.4) is 0 Å². The number of aryl methyl sites for hydroxylation is 1. The maximum atomic E-state index is 11.8. The number of benzene rings is 1. The first kappa shape index (κ1) is 12.4. The second-order valence-corrected chi connectivity index (χ2v) is 4.09. The molecule has 0 fully saturated rings. The van der Waals surface area contributed by atoms with Gasteiger partial charge >= 0.3 is 6.03 Å². The van der Waals surface area contributed by atoms with E-state index in [0.29, 0.717) is 5.69 Å². The number of rotatable bonds is 2. The molecule has 5 heteroatoms. The standard InChI is InChI=1S/C13H12ClN3O/c1-9-5-2-3-6-10(9)16-13(18)17-11-7-4-8-15-12(11)14/h2-8H,1H3,(H2,16,17,18). The zero-order valence-electron chi connectivity index (χ0n) is 9.77. The van der Waals surface area contributed by atoms with Crippen molar-refractivity contribution in [1.29, 1.82) is 0 Å². The molecular formula is C13H12ClN3O. The van der Waals surface area contributed by atoms with E-state index in [1.165, 1.54) is 0 Å². The normalized spacial score (nSPS) is 9.89. The highest BCUT2D eigenvalue weighted by Gasteiger charge is 2.06. The minimum atomic E-state index is -0.348. The van der Waals surface area contributed by atoms with Gasteiger partial charge in [-0.05, 0) is 30.7 Å². The Morgan fingerprint density at radius 2 is 1.78 bits per heavy atom. The van der Waals surface area contributed by atoms with Crippen LogP contribution in [0.5, 0.6) is 0 Å². The topological polar surface area (TPSA) is 54.0 Å². The molecule has 0 bridgehead atoms.